The zero-order valence-electron chi connectivity index (χ0n) is 11.8. The first-order chi connectivity index (χ1) is 9.31. The molecule has 2 unspecified atom stereocenters. The van der Waals surface area contributed by atoms with Crippen LogP contribution in [0.3, 0.4) is 0 Å². The quantitative estimate of drug-likeness (QED) is 0.790. The van der Waals surface area contributed by atoms with E-state index in [0.717, 1.165) is 12.5 Å². The summed E-state index contributed by atoms with van der Waals surface area (Å²) in [4.78, 5) is 3.29. The topological polar surface area (TPSA) is 27.8 Å². The van der Waals surface area contributed by atoms with E-state index < -0.39 is 0 Å². The molecule has 0 saturated heterocycles. The Hall–Kier alpha value is -1.28. The lowest BCUT2D eigenvalue weighted by Gasteiger charge is -2.16. The van der Waals surface area contributed by atoms with Crippen molar-refractivity contribution in [1.29, 1.82) is 0 Å². The molecule has 3 rings (SSSR count). The highest BCUT2D eigenvalue weighted by Gasteiger charge is 2.15. The number of aromatic amines is 1. The molecule has 0 spiro atoms. The van der Waals surface area contributed by atoms with Gasteiger partial charge in [-0.25, -0.2) is 0 Å². The fourth-order valence-electron chi connectivity index (χ4n) is 3.16. The van der Waals surface area contributed by atoms with E-state index in [9.17, 15) is 0 Å². The molecule has 1 aliphatic carbocycles. The molecule has 2 heteroatoms. The zero-order chi connectivity index (χ0) is 13.1. The van der Waals surface area contributed by atoms with Crippen molar-refractivity contribution in [1.82, 2.24) is 10.3 Å². The predicted octanol–water partition coefficient (Wildman–Crippen LogP) is 4.23. The number of nitrogens with one attached hydrogen (secondary N) is 2. The van der Waals surface area contributed by atoms with Crippen LogP contribution in [-0.4, -0.2) is 11.0 Å². The highest BCUT2D eigenvalue weighted by Crippen LogP contribution is 2.23. The van der Waals surface area contributed by atoms with Crippen LogP contribution in [0.5, 0.6) is 0 Å². The maximum Gasteiger partial charge on any atom is 0.0457 e. The van der Waals surface area contributed by atoms with Crippen LogP contribution in [0.4, 0.5) is 0 Å². The molecule has 1 aromatic carbocycles. The van der Waals surface area contributed by atoms with E-state index in [1.165, 1.54) is 48.6 Å². The lowest BCUT2D eigenvalue weighted by Crippen LogP contribution is -2.27. The molecule has 2 nitrogen and oxygen atoms in total. The summed E-state index contributed by atoms with van der Waals surface area (Å²) in [6.07, 6.45) is 8.87. The Bertz CT molecular complexity index is 529. The minimum atomic E-state index is 0.712. The predicted molar refractivity (Wildman–Crippen MR) is 81.2 cm³/mol. The summed E-state index contributed by atoms with van der Waals surface area (Å²) in [6, 6.07) is 9.55. The Balaban J connectivity index is 1.58. The molecule has 102 valence electrons. The lowest BCUT2D eigenvalue weighted by atomic mass is 10.0. The summed E-state index contributed by atoms with van der Waals surface area (Å²) in [5.41, 5.74) is 2.63. The van der Waals surface area contributed by atoms with Crippen molar-refractivity contribution in [3.8, 4) is 0 Å². The smallest absolute Gasteiger partial charge is 0.0457 e. The number of fused-ring (bicyclic) bond motifs is 1. The molecule has 0 bridgehead atoms. The van der Waals surface area contributed by atoms with Crippen LogP contribution in [0, 0.1) is 5.92 Å². The van der Waals surface area contributed by atoms with Gasteiger partial charge < -0.3 is 10.3 Å². The van der Waals surface area contributed by atoms with Gasteiger partial charge in [-0.3, -0.25) is 0 Å². The first kappa shape index (κ1) is 12.7. The summed E-state index contributed by atoms with van der Waals surface area (Å²) in [5.74, 6) is 0.919. The Morgan fingerprint density at radius 1 is 1.16 bits per heavy atom. The second kappa shape index (κ2) is 5.79. The molecule has 0 radical (unpaired) electrons. The maximum absolute atomic E-state index is 3.74. The van der Waals surface area contributed by atoms with Crippen molar-refractivity contribution in [3.63, 3.8) is 0 Å². The van der Waals surface area contributed by atoms with Crippen LogP contribution in [0.15, 0.2) is 30.5 Å². The average molecular weight is 256 g/mol. The second-order valence-corrected chi connectivity index (χ2v) is 6.09. The molecular formula is C17H24N2. The van der Waals surface area contributed by atoms with Crippen LogP contribution in [-0.2, 0) is 6.54 Å². The van der Waals surface area contributed by atoms with Crippen LogP contribution in [0.25, 0.3) is 10.9 Å². The summed E-state index contributed by atoms with van der Waals surface area (Å²) in [7, 11) is 0. The van der Waals surface area contributed by atoms with Gasteiger partial charge in [0.15, 0.2) is 0 Å². The van der Waals surface area contributed by atoms with E-state index in [2.05, 4.69) is 41.5 Å². The lowest BCUT2D eigenvalue weighted by molar-refractivity contribution is 0.447. The number of benzene rings is 1. The monoisotopic (exact) mass is 256 g/mol. The van der Waals surface area contributed by atoms with Gasteiger partial charge in [0.1, 0.15) is 0 Å². The van der Waals surface area contributed by atoms with Gasteiger partial charge in [-0.1, -0.05) is 31.9 Å². The van der Waals surface area contributed by atoms with Crippen LogP contribution in [0.2, 0.25) is 0 Å². The van der Waals surface area contributed by atoms with Gasteiger partial charge >= 0.3 is 0 Å². The fraction of sp³-hybridized carbons (Fsp3) is 0.529. The molecule has 1 fully saturated rings. The molecule has 2 aromatic rings. The molecule has 0 aliphatic heterocycles. The van der Waals surface area contributed by atoms with Gasteiger partial charge in [-0.05, 0) is 48.3 Å². The van der Waals surface area contributed by atoms with E-state index in [1.54, 1.807) is 0 Å². The number of rotatable bonds is 3. The number of hydrogen-bond acceptors (Lipinski definition) is 1. The Kier molecular flexibility index (Phi) is 3.88. The van der Waals surface area contributed by atoms with Gasteiger partial charge in [0, 0.05) is 24.3 Å². The molecule has 1 heterocycles. The standard InChI is InChI=1S/C17H24N2/c1-13-3-2-4-16(8-5-13)19-12-14-6-7-15-9-10-18-17(15)11-14/h6-7,9-11,13,16,18-19H,2-5,8,12H2,1H3. The third-order valence-electron chi connectivity index (χ3n) is 4.47. The van der Waals surface area contributed by atoms with Gasteiger partial charge in [0.25, 0.3) is 0 Å². The number of H-pyrrole nitrogens is 1. The Morgan fingerprint density at radius 2 is 2.11 bits per heavy atom. The van der Waals surface area contributed by atoms with E-state index in [1.807, 2.05) is 6.20 Å². The van der Waals surface area contributed by atoms with Gasteiger partial charge in [0.2, 0.25) is 0 Å². The van der Waals surface area contributed by atoms with E-state index >= 15 is 0 Å². The van der Waals surface area contributed by atoms with Gasteiger partial charge in [-0.2, -0.15) is 0 Å². The fourth-order valence-corrected chi connectivity index (χ4v) is 3.16. The number of hydrogen-bond donors (Lipinski definition) is 2. The van der Waals surface area contributed by atoms with E-state index in [-0.39, 0.29) is 0 Å². The summed E-state index contributed by atoms with van der Waals surface area (Å²) in [6.45, 7) is 3.38. The minimum absolute atomic E-state index is 0.712. The van der Waals surface area contributed by atoms with E-state index in [4.69, 9.17) is 0 Å². The SMILES string of the molecule is CC1CCCC(NCc2ccc3cc[nH]c3c2)CC1. The molecule has 19 heavy (non-hydrogen) atoms. The van der Waals surface area contributed by atoms with E-state index in [0.29, 0.717) is 6.04 Å². The van der Waals surface area contributed by atoms with Crippen molar-refractivity contribution >= 4 is 10.9 Å². The maximum atomic E-state index is 3.74. The third-order valence-corrected chi connectivity index (χ3v) is 4.47. The Morgan fingerprint density at radius 3 is 3.05 bits per heavy atom. The van der Waals surface area contributed by atoms with Crippen LogP contribution >= 0.6 is 0 Å². The van der Waals surface area contributed by atoms with Crippen molar-refractivity contribution in [3.05, 3.63) is 36.0 Å². The third kappa shape index (κ3) is 3.19. The van der Waals surface area contributed by atoms with Crippen LogP contribution in [0.1, 0.15) is 44.6 Å². The highest BCUT2D eigenvalue weighted by atomic mass is 14.9. The van der Waals surface area contributed by atoms with Crippen LogP contribution < -0.4 is 5.32 Å². The van der Waals surface area contributed by atoms with Crippen molar-refractivity contribution in [2.45, 2.75) is 51.6 Å². The zero-order valence-corrected chi connectivity index (χ0v) is 11.8. The molecule has 2 N–H and O–H groups in total. The molecular weight excluding hydrogens is 232 g/mol. The summed E-state index contributed by atoms with van der Waals surface area (Å²) >= 11 is 0. The highest BCUT2D eigenvalue weighted by molar-refractivity contribution is 5.79. The van der Waals surface area contributed by atoms with Crippen molar-refractivity contribution in [2.75, 3.05) is 0 Å². The van der Waals surface area contributed by atoms with Gasteiger partial charge in [0.05, 0.1) is 0 Å². The van der Waals surface area contributed by atoms with Crippen molar-refractivity contribution in [2.24, 2.45) is 5.92 Å². The molecule has 1 aliphatic rings. The normalized spacial score (nSPS) is 24.5. The van der Waals surface area contributed by atoms with Gasteiger partial charge in [-0.15, -0.1) is 0 Å². The summed E-state index contributed by atoms with van der Waals surface area (Å²) < 4.78 is 0. The largest absolute Gasteiger partial charge is 0.361 e. The Labute approximate surface area is 115 Å². The molecule has 0 amide bonds. The summed E-state index contributed by atoms with van der Waals surface area (Å²) in [5, 5.41) is 5.04. The first-order valence-electron chi connectivity index (χ1n) is 7.60. The molecule has 2 atom stereocenters. The second-order valence-electron chi connectivity index (χ2n) is 6.09. The number of aromatic nitrogens is 1. The van der Waals surface area contributed by atoms with Crippen molar-refractivity contribution < 1.29 is 0 Å². The average Bonchev–Trinajstić information content (AvgIpc) is 2.79. The molecule has 1 aromatic heterocycles. The molecule has 1 saturated carbocycles. The first-order valence-corrected chi connectivity index (χ1v) is 7.60. The minimum Gasteiger partial charge on any atom is -0.361 e.